The second-order valence-electron chi connectivity index (χ2n) is 7.80. The first-order valence-corrected chi connectivity index (χ1v) is 12.1. The van der Waals surface area contributed by atoms with E-state index in [1.165, 1.54) is 17.8 Å². The van der Waals surface area contributed by atoms with Gasteiger partial charge in [0.15, 0.2) is 0 Å². The minimum Gasteiger partial charge on any atom is -0.326 e. The predicted molar refractivity (Wildman–Crippen MR) is 135 cm³/mol. The van der Waals surface area contributed by atoms with Gasteiger partial charge in [0.05, 0.1) is 15.5 Å². The number of halogens is 4. The Bertz CT molecular complexity index is 1120. The second-order valence-corrected chi connectivity index (χ2v) is 9.88. The lowest BCUT2D eigenvalue weighted by atomic mass is 10.1. The van der Waals surface area contributed by atoms with Crippen molar-refractivity contribution < 1.29 is 22.8 Å². The SMILES string of the molecule is Cc1ccc(C=C2SC(=S)N(CCCCCC(=O)Nc3ccc(Cl)c(C(F)(F)F)c3)C2=O)cc1. The standard InChI is InChI=1S/C24H22ClF3N2O2S2/c1-15-6-8-16(9-7-15)13-20-22(32)30(23(33)34-20)12-4-2-3-5-21(31)29-17-10-11-19(25)18(14-17)24(26,27)28/h6-11,13-14H,2-5,12H2,1H3,(H,29,31). The molecule has 34 heavy (non-hydrogen) atoms. The normalized spacial score (nSPS) is 15.3. The van der Waals surface area contributed by atoms with Gasteiger partial charge in [-0.25, -0.2) is 0 Å². The van der Waals surface area contributed by atoms with Gasteiger partial charge in [-0.3, -0.25) is 14.5 Å². The highest BCUT2D eigenvalue weighted by atomic mass is 35.5. The zero-order chi connectivity index (χ0) is 24.9. The van der Waals surface area contributed by atoms with Crippen molar-refractivity contribution in [3.05, 3.63) is 69.1 Å². The number of hydrogen-bond acceptors (Lipinski definition) is 4. The molecule has 0 unspecified atom stereocenters. The van der Waals surface area contributed by atoms with Crippen molar-refractivity contribution in [1.29, 1.82) is 0 Å². The fourth-order valence-electron chi connectivity index (χ4n) is 3.28. The van der Waals surface area contributed by atoms with Crippen molar-refractivity contribution in [2.75, 3.05) is 11.9 Å². The van der Waals surface area contributed by atoms with Crippen LogP contribution in [0, 0.1) is 6.92 Å². The molecule has 4 nitrogen and oxygen atoms in total. The van der Waals surface area contributed by atoms with Gasteiger partial charge in [-0.2, -0.15) is 13.2 Å². The summed E-state index contributed by atoms with van der Waals surface area (Å²) in [5, 5.41) is 2.05. The predicted octanol–water partition coefficient (Wildman–Crippen LogP) is 7.07. The molecule has 1 N–H and O–H groups in total. The molecule has 0 saturated carbocycles. The highest BCUT2D eigenvalue weighted by molar-refractivity contribution is 8.26. The molecule has 0 spiro atoms. The Balaban J connectivity index is 1.43. The lowest BCUT2D eigenvalue weighted by molar-refractivity contribution is -0.137. The van der Waals surface area contributed by atoms with Crippen molar-refractivity contribution in [1.82, 2.24) is 4.90 Å². The maximum absolute atomic E-state index is 12.9. The third-order valence-electron chi connectivity index (χ3n) is 5.09. The number of unbranched alkanes of at least 4 members (excludes halogenated alkanes) is 2. The number of carbonyl (C=O) groups excluding carboxylic acids is 2. The molecule has 2 aromatic rings. The van der Waals surface area contributed by atoms with Crippen molar-refractivity contribution in [3.8, 4) is 0 Å². The van der Waals surface area contributed by atoms with Gasteiger partial charge in [-0.05, 0) is 49.6 Å². The molecule has 2 aromatic carbocycles. The van der Waals surface area contributed by atoms with Gasteiger partial charge in [-0.15, -0.1) is 0 Å². The number of nitrogens with zero attached hydrogens (tertiary/aromatic N) is 1. The van der Waals surface area contributed by atoms with Crippen LogP contribution in [0.3, 0.4) is 0 Å². The fourth-order valence-corrected chi connectivity index (χ4v) is 4.82. The molecular weight excluding hydrogens is 505 g/mol. The van der Waals surface area contributed by atoms with Crippen LogP contribution < -0.4 is 5.32 Å². The molecule has 0 aromatic heterocycles. The Morgan fingerprint density at radius 2 is 1.85 bits per heavy atom. The van der Waals surface area contributed by atoms with E-state index < -0.39 is 16.8 Å². The van der Waals surface area contributed by atoms with E-state index in [4.69, 9.17) is 23.8 Å². The van der Waals surface area contributed by atoms with Crippen LogP contribution in [0.5, 0.6) is 0 Å². The zero-order valence-electron chi connectivity index (χ0n) is 18.2. The number of alkyl halides is 3. The quantitative estimate of drug-likeness (QED) is 0.227. The summed E-state index contributed by atoms with van der Waals surface area (Å²) in [7, 11) is 0. The first-order chi connectivity index (χ1) is 16.0. The Kier molecular flexibility index (Phi) is 8.78. The van der Waals surface area contributed by atoms with Crippen LogP contribution in [0.4, 0.5) is 18.9 Å². The molecular formula is C24H22ClF3N2O2S2. The Labute approximate surface area is 210 Å². The minimum atomic E-state index is -4.60. The van der Waals surface area contributed by atoms with Crippen LogP contribution in [0.15, 0.2) is 47.4 Å². The minimum absolute atomic E-state index is 0.0413. The molecule has 2 amide bonds. The summed E-state index contributed by atoms with van der Waals surface area (Å²) in [6.45, 7) is 2.44. The fraction of sp³-hybridized carbons (Fsp3) is 0.292. The summed E-state index contributed by atoms with van der Waals surface area (Å²) < 4.78 is 39.3. The van der Waals surface area contributed by atoms with Gasteiger partial charge in [0.25, 0.3) is 5.91 Å². The summed E-state index contributed by atoms with van der Waals surface area (Å²) in [4.78, 5) is 26.9. The lowest BCUT2D eigenvalue weighted by Crippen LogP contribution is -2.29. The molecule has 1 aliphatic heterocycles. The second kappa shape index (κ2) is 11.4. The molecule has 0 bridgehead atoms. The van der Waals surface area contributed by atoms with Crippen molar-refractivity contribution in [3.63, 3.8) is 0 Å². The number of thiocarbonyl (C=S) groups is 1. The highest BCUT2D eigenvalue weighted by Crippen LogP contribution is 2.36. The zero-order valence-corrected chi connectivity index (χ0v) is 20.6. The van der Waals surface area contributed by atoms with Crippen LogP contribution in [-0.4, -0.2) is 27.6 Å². The van der Waals surface area contributed by atoms with Crippen LogP contribution in [-0.2, 0) is 15.8 Å². The van der Waals surface area contributed by atoms with E-state index in [1.807, 2.05) is 37.3 Å². The molecule has 180 valence electrons. The number of carbonyl (C=O) groups is 2. The molecule has 1 aliphatic rings. The molecule has 3 rings (SSSR count). The van der Waals surface area contributed by atoms with Gasteiger partial charge in [-0.1, -0.05) is 71.8 Å². The van der Waals surface area contributed by atoms with Crippen LogP contribution in [0.1, 0.15) is 42.4 Å². The van der Waals surface area contributed by atoms with E-state index in [2.05, 4.69) is 5.32 Å². The summed E-state index contributed by atoms with van der Waals surface area (Å²) in [5.41, 5.74) is 1.12. The van der Waals surface area contributed by atoms with E-state index in [-0.39, 0.29) is 23.9 Å². The number of hydrogen-bond donors (Lipinski definition) is 1. The first-order valence-electron chi connectivity index (χ1n) is 10.5. The lowest BCUT2D eigenvalue weighted by Gasteiger charge is -2.14. The Hall–Kier alpha value is -2.36. The molecule has 1 fully saturated rings. The van der Waals surface area contributed by atoms with Crippen molar-refractivity contribution >= 4 is 63.5 Å². The van der Waals surface area contributed by atoms with Crippen LogP contribution >= 0.6 is 35.6 Å². The molecule has 10 heteroatoms. The van der Waals surface area contributed by atoms with Gasteiger partial charge < -0.3 is 5.32 Å². The summed E-state index contributed by atoms with van der Waals surface area (Å²) >= 11 is 12.2. The topological polar surface area (TPSA) is 49.4 Å². The van der Waals surface area contributed by atoms with Crippen LogP contribution in [0.25, 0.3) is 6.08 Å². The molecule has 1 saturated heterocycles. The smallest absolute Gasteiger partial charge is 0.326 e. The molecule has 0 radical (unpaired) electrons. The Morgan fingerprint density at radius 3 is 2.53 bits per heavy atom. The average molecular weight is 527 g/mol. The van der Waals surface area contributed by atoms with Gasteiger partial charge in [0, 0.05) is 18.7 Å². The van der Waals surface area contributed by atoms with E-state index in [1.54, 1.807) is 4.90 Å². The maximum atomic E-state index is 12.9. The molecule has 0 atom stereocenters. The number of benzene rings is 2. The number of amides is 2. The summed E-state index contributed by atoms with van der Waals surface area (Å²) in [6, 6.07) is 11.1. The molecule has 1 heterocycles. The summed E-state index contributed by atoms with van der Waals surface area (Å²) in [6.07, 6.45) is -0.787. The third kappa shape index (κ3) is 7.07. The Morgan fingerprint density at radius 1 is 1.15 bits per heavy atom. The van der Waals surface area contributed by atoms with Crippen molar-refractivity contribution in [2.24, 2.45) is 0 Å². The summed E-state index contributed by atoms with van der Waals surface area (Å²) in [5.74, 6) is -0.515. The van der Waals surface area contributed by atoms with Crippen molar-refractivity contribution in [2.45, 2.75) is 38.8 Å². The number of anilines is 1. The average Bonchev–Trinajstić information content (AvgIpc) is 3.03. The van der Waals surface area contributed by atoms with Gasteiger partial charge >= 0.3 is 6.18 Å². The third-order valence-corrected chi connectivity index (χ3v) is 6.80. The largest absolute Gasteiger partial charge is 0.417 e. The van der Waals surface area contributed by atoms with Crippen LogP contribution in [0.2, 0.25) is 5.02 Å². The number of rotatable bonds is 8. The maximum Gasteiger partial charge on any atom is 0.417 e. The molecule has 0 aliphatic carbocycles. The first kappa shape index (κ1) is 26.2. The number of thioether (sulfide) groups is 1. The van der Waals surface area contributed by atoms with Gasteiger partial charge in [0.2, 0.25) is 5.91 Å². The highest BCUT2D eigenvalue weighted by Gasteiger charge is 2.33. The van der Waals surface area contributed by atoms with E-state index in [0.717, 1.165) is 23.3 Å². The van der Waals surface area contributed by atoms with E-state index in [9.17, 15) is 22.8 Å². The monoisotopic (exact) mass is 526 g/mol. The van der Waals surface area contributed by atoms with Gasteiger partial charge in [0.1, 0.15) is 4.32 Å². The van der Waals surface area contributed by atoms with E-state index >= 15 is 0 Å². The number of aryl methyl sites for hydroxylation is 1. The van der Waals surface area contributed by atoms with E-state index in [0.29, 0.717) is 35.0 Å². The number of nitrogens with one attached hydrogen (secondary N) is 1.